The van der Waals surface area contributed by atoms with E-state index in [-0.39, 0.29) is 11.7 Å². The normalized spacial score (nSPS) is 29.4. The molecule has 0 saturated carbocycles. The zero-order valence-electron chi connectivity index (χ0n) is 20.6. The predicted molar refractivity (Wildman–Crippen MR) is 127 cm³/mol. The van der Waals surface area contributed by atoms with Crippen molar-refractivity contribution in [1.82, 2.24) is 0 Å². The van der Waals surface area contributed by atoms with Gasteiger partial charge in [-0.05, 0) is 58.2 Å². The molecule has 0 amide bonds. The zero-order chi connectivity index (χ0) is 24.2. The third kappa shape index (κ3) is 6.12. The number of aryl methyl sites for hydroxylation is 1. The van der Waals surface area contributed by atoms with Gasteiger partial charge < -0.3 is 18.9 Å². The number of fused-ring (bicyclic) bond motifs is 2. The fourth-order valence-electron chi connectivity index (χ4n) is 4.00. The molecule has 6 nitrogen and oxygen atoms in total. The summed E-state index contributed by atoms with van der Waals surface area (Å²) in [7, 11) is 0. The number of ether oxygens (including phenoxy) is 4. The third-order valence-corrected chi connectivity index (χ3v) is 6.09. The fraction of sp³-hybridized carbons (Fsp3) is 0.556. The van der Waals surface area contributed by atoms with Gasteiger partial charge in [0.2, 0.25) is 0 Å². The van der Waals surface area contributed by atoms with Crippen molar-refractivity contribution < 1.29 is 28.5 Å². The van der Waals surface area contributed by atoms with Crippen LogP contribution in [0.25, 0.3) is 6.08 Å². The number of esters is 1. The van der Waals surface area contributed by atoms with Crippen LogP contribution in [0, 0.1) is 12.8 Å². The van der Waals surface area contributed by atoms with Crippen molar-refractivity contribution in [2.75, 3.05) is 6.61 Å². The summed E-state index contributed by atoms with van der Waals surface area (Å²) in [5, 5.41) is 0. The van der Waals surface area contributed by atoms with Crippen LogP contribution in [0.4, 0.5) is 0 Å². The van der Waals surface area contributed by atoms with Gasteiger partial charge in [-0.3, -0.25) is 4.79 Å². The molecule has 0 N–H and O–H groups in total. The lowest BCUT2D eigenvalue weighted by molar-refractivity contribution is -0.152. The lowest BCUT2D eigenvalue weighted by Crippen LogP contribution is -2.30. The van der Waals surface area contributed by atoms with Crippen LogP contribution in [0.15, 0.2) is 30.4 Å². The molecule has 2 aliphatic rings. The number of ketones is 1. The molecule has 0 aromatic heterocycles. The van der Waals surface area contributed by atoms with Crippen LogP contribution >= 0.6 is 0 Å². The number of cyclic esters (lactones) is 1. The minimum Gasteiger partial charge on any atom is -0.493 e. The van der Waals surface area contributed by atoms with Crippen LogP contribution in [-0.4, -0.2) is 42.5 Å². The van der Waals surface area contributed by atoms with Gasteiger partial charge in [0.05, 0.1) is 18.3 Å². The van der Waals surface area contributed by atoms with Gasteiger partial charge in [0.25, 0.3) is 0 Å². The molecule has 2 heterocycles. The topological polar surface area (TPSA) is 71.1 Å². The van der Waals surface area contributed by atoms with Crippen molar-refractivity contribution in [2.45, 2.75) is 84.9 Å². The second-order valence-electron chi connectivity index (χ2n) is 9.33. The third-order valence-electron chi connectivity index (χ3n) is 6.09. The molecule has 2 aliphatic heterocycles. The predicted octanol–water partition coefficient (Wildman–Crippen LogP) is 5.42. The summed E-state index contributed by atoms with van der Waals surface area (Å²) < 4.78 is 23.8. The van der Waals surface area contributed by atoms with Crippen molar-refractivity contribution in [3.05, 3.63) is 47.1 Å². The minimum absolute atomic E-state index is 0.152. The highest BCUT2D eigenvalue weighted by molar-refractivity contribution is 5.97. The second kappa shape index (κ2) is 10.7. The van der Waals surface area contributed by atoms with Gasteiger partial charge in [-0.15, -0.1) is 0 Å². The van der Waals surface area contributed by atoms with Crippen LogP contribution < -0.4 is 4.74 Å². The quantitative estimate of drug-likeness (QED) is 0.445. The first kappa shape index (κ1) is 25.2. The molecular formula is C27H36O6. The molecule has 0 unspecified atom stereocenters. The first-order valence-corrected chi connectivity index (χ1v) is 11.8. The Labute approximate surface area is 196 Å². The van der Waals surface area contributed by atoms with E-state index >= 15 is 0 Å². The largest absolute Gasteiger partial charge is 0.493 e. The van der Waals surface area contributed by atoms with E-state index in [1.54, 1.807) is 6.08 Å². The van der Waals surface area contributed by atoms with Gasteiger partial charge in [0.15, 0.2) is 11.6 Å². The number of carbonyl (C=O) groups is 2. The van der Waals surface area contributed by atoms with E-state index < -0.39 is 30.1 Å². The summed E-state index contributed by atoms with van der Waals surface area (Å²) in [5.74, 6) is -0.911. The summed E-state index contributed by atoms with van der Waals surface area (Å²) in [4.78, 5) is 26.1. The van der Waals surface area contributed by atoms with Gasteiger partial charge in [-0.1, -0.05) is 44.6 Å². The Hall–Kier alpha value is -2.44. The minimum atomic E-state index is -0.846. The molecule has 1 saturated heterocycles. The number of hydrogen-bond donors (Lipinski definition) is 0. The van der Waals surface area contributed by atoms with Crippen molar-refractivity contribution in [1.29, 1.82) is 0 Å². The van der Waals surface area contributed by atoms with Crippen LogP contribution in [0.5, 0.6) is 5.75 Å². The summed E-state index contributed by atoms with van der Waals surface area (Å²) in [6.45, 7) is 11.9. The molecular weight excluding hydrogens is 420 g/mol. The van der Waals surface area contributed by atoms with Gasteiger partial charge in [-0.25, -0.2) is 4.79 Å². The second-order valence-corrected chi connectivity index (χ2v) is 9.33. The Morgan fingerprint density at radius 2 is 1.88 bits per heavy atom. The maximum Gasteiger partial charge on any atom is 0.339 e. The number of unbranched alkanes of at least 4 members (excludes halogenated alkanes) is 1. The van der Waals surface area contributed by atoms with Crippen molar-refractivity contribution in [2.24, 2.45) is 5.92 Å². The van der Waals surface area contributed by atoms with Gasteiger partial charge in [0, 0.05) is 11.5 Å². The summed E-state index contributed by atoms with van der Waals surface area (Å²) in [6.07, 6.45) is 7.93. The first-order valence-electron chi connectivity index (χ1n) is 11.8. The van der Waals surface area contributed by atoms with Crippen molar-refractivity contribution >= 4 is 17.8 Å². The lowest BCUT2D eigenvalue weighted by Gasteiger charge is -2.21. The van der Waals surface area contributed by atoms with E-state index in [0.717, 1.165) is 18.4 Å². The van der Waals surface area contributed by atoms with E-state index in [1.807, 2.05) is 58.9 Å². The SMILES string of the molecule is CCCCOc1ccc(C)c2c1/C=C/C[C@@H]1OC(C)(C)O[C@@H]1C(=O)/C=C\[C@@H](C)[C@H](C)OC2=O. The molecule has 33 heavy (non-hydrogen) atoms. The van der Waals surface area contributed by atoms with Gasteiger partial charge in [-0.2, -0.15) is 0 Å². The number of carbonyl (C=O) groups excluding carboxylic acids is 2. The molecule has 6 heteroatoms. The van der Waals surface area contributed by atoms with Crippen LogP contribution in [-0.2, 0) is 19.0 Å². The smallest absolute Gasteiger partial charge is 0.339 e. The lowest BCUT2D eigenvalue weighted by atomic mass is 9.97. The van der Waals surface area contributed by atoms with Crippen LogP contribution in [0.1, 0.15) is 75.4 Å². The maximum absolute atomic E-state index is 13.2. The van der Waals surface area contributed by atoms with Gasteiger partial charge in [0.1, 0.15) is 18.0 Å². The van der Waals surface area contributed by atoms with Crippen molar-refractivity contribution in [3.63, 3.8) is 0 Å². The standard InChI is InChI=1S/C27H36O6/c1-7-8-16-30-22-15-13-18(3)24-20(22)10-9-11-23-25(33-27(5,6)32-23)21(28)14-12-17(2)19(4)31-26(24)29/h9-10,12-15,17,19,23,25H,7-8,11,16H2,1-6H3/b10-9+,14-12-/t17-,19+,23+,25-/m1/s1. The summed E-state index contributed by atoms with van der Waals surface area (Å²) >= 11 is 0. The van der Waals surface area contributed by atoms with E-state index in [2.05, 4.69) is 6.92 Å². The highest BCUT2D eigenvalue weighted by Crippen LogP contribution is 2.33. The van der Waals surface area contributed by atoms with Crippen LogP contribution in [0.3, 0.4) is 0 Å². The maximum atomic E-state index is 13.2. The van der Waals surface area contributed by atoms with E-state index in [1.165, 1.54) is 6.08 Å². The monoisotopic (exact) mass is 456 g/mol. The Bertz CT molecular complexity index is 929. The molecule has 1 aromatic rings. The molecule has 180 valence electrons. The molecule has 0 aliphatic carbocycles. The summed E-state index contributed by atoms with van der Waals surface area (Å²) in [6, 6.07) is 3.78. The zero-order valence-corrected chi connectivity index (χ0v) is 20.6. The average molecular weight is 457 g/mol. The van der Waals surface area contributed by atoms with E-state index in [4.69, 9.17) is 18.9 Å². The number of benzene rings is 1. The molecule has 1 fully saturated rings. The Morgan fingerprint density at radius 1 is 1.12 bits per heavy atom. The molecule has 4 atom stereocenters. The highest BCUT2D eigenvalue weighted by atomic mass is 16.8. The van der Waals surface area contributed by atoms with Gasteiger partial charge >= 0.3 is 5.97 Å². The molecule has 1 aromatic carbocycles. The molecule has 3 rings (SSSR count). The Balaban J connectivity index is 2.04. The Morgan fingerprint density at radius 3 is 2.61 bits per heavy atom. The fourth-order valence-corrected chi connectivity index (χ4v) is 4.00. The average Bonchev–Trinajstić information content (AvgIpc) is 3.07. The highest BCUT2D eigenvalue weighted by Gasteiger charge is 2.43. The number of rotatable bonds is 4. The number of hydrogen-bond acceptors (Lipinski definition) is 6. The molecule has 0 bridgehead atoms. The molecule has 0 spiro atoms. The molecule has 0 radical (unpaired) electrons. The summed E-state index contributed by atoms with van der Waals surface area (Å²) in [5.41, 5.74) is 2.00. The Kier molecular flexibility index (Phi) is 8.14. The van der Waals surface area contributed by atoms with Crippen molar-refractivity contribution in [3.8, 4) is 5.75 Å². The van der Waals surface area contributed by atoms with E-state index in [9.17, 15) is 9.59 Å². The van der Waals surface area contributed by atoms with Crippen LogP contribution in [0.2, 0.25) is 0 Å². The van der Waals surface area contributed by atoms with E-state index in [0.29, 0.717) is 29.9 Å². The first-order chi connectivity index (χ1) is 15.6.